The Balaban J connectivity index is 1.50. The number of ether oxygens (including phenoxy) is 2. The van der Waals surface area contributed by atoms with Crippen molar-refractivity contribution < 1.29 is 19.1 Å². The second-order valence-corrected chi connectivity index (χ2v) is 9.04. The van der Waals surface area contributed by atoms with Gasteiger partial charge in [0.2, 0.25) is 11.8 Å². The molecule has 0 aromatic heterocycles. The van der Waals surface area contributed by atoms with Crippen molar-refractivity contribution >= 4 is 11.8 Å². The van der Waals surface area contributed by atoms with Crippen molar-refractivity contribution in [3.05, 3.63) is 0 Å². The molecule has 4 unspecified atom stereocenters. The van der Waals surface area contributed by atoms with Gasteiger partial charge in [0.25, 0.3) is 0 Å². The Morgan fingerprint density at radius 3 is 2.63 bits per heavy atom. The molecule has 4 atom stereocenters. The van der Waals surface area contributed by atoms with E-state index in [0.29, 0.717) is 19.1 Å². The van der Waals surface area contributed by atoms with Crippen molar-refractivity contribution in [2.75, 3.05) is 19.8 Å². The van der Waals surface area contributed by atoms with Gasteiger partial charge in [0.05, 0.1) is 12.7 Å². The zero-order valence-corrected chi connectivity index (χ0v) is 16.6. The number of rotatable bonds is 4. The first kappa shape index (κ1) is 19.2. The average molecular weight is 379 g/mol. The fourth-order valence-corrected chi connectivity index (χ4v) is 5.54. The summed E-state index contributed by atoms with van der Waals surface area (Å²) in [4.78, 5) is 28.3. The van der Waals surface area contributed by atoms with E-state index in [4.69, 9.17) is 9.47 Å². The summed E-state index contributed by atoms with van der Waals surface area (Å²) in [6, 6.07) is -0.496. The van der Waals surface area contributed by atoms with Crippen LogP contribution in [0.5, 0.6) is 0 Å². The number of nitrogens with zero attached hydrogens (tertiary/aromatic N) is 1. The van der Waals surface area contributed by atoms with E-state index in [1.807, 2.05) is 4.90 Å². The molecule has 1 spiro atoms. The topological polar surface area (TPSA) is 67.9 Å². The zero-order chi connectivity index (χ0) is 18.9. The lowest BCUT2D eigenvalue weighted by Crippen LogP contribution is -2.58. The summed E-state index contributed by atoms with van der Waals surface area (Å²) in [7, 11) is 0. The molecule has 0 radical (unpaired) electrons. The highest BCUT2D eigenvalue weighted by Crippen LogP contribution is 2.44. The molecule has 0 bridgehead atoms. The van der Waals surface area contributed by atoms with Crippen LogP contribution in [0.1, 0.15) is 71.1 Å². The normalized spacial score (nSPS) is 37.2. The number of nitrogens with one attached hydrogen (secondary N) is 1. The molecule has 0 aromatic carbocycles. The highest BCUT2D eigenvalue weighted by molar-refractivity contribution is 5.89. The number of hydrogen-bond donors (Lipinski definition) is 1. The lowest BCUT2D eigenvalue weighted by molar-refractivity contribution is -0.166. The first-order chi connectivity index (χ1) is 13.1. The molecule has 2 saturated heterocycles. The quantitative estimate of drug-likeness (QED) is 0.817. The van der Waals surface area contributed by atoms with Gasteiger partial charge in [-0.3, -0.25) is 14.5 Å². The third-order valence-electron chi connectivity index (χ3n) is 6.96. The van der Waals surface area contributed by atoms with E-state index < -0.39 is 11.8 Å². The van der Waals surface area contributed by atoms with Gasteiger partial charge in [-0.1, -0.05) is 26.2 Å². The van der Waals surface area contributed by atoms with E-state index in [-0.39, 0.29) is 23.8 Å². The second-order valence-electron chi connectivity index (χ2n) is 9.04. The summed E-state index contributed by atoms with van der Waals surface area (Å²) in [5, 5.41) is 3.04. The highest BCUT2D eigenvalue weighted by atomic mass is 16.5. The van der Waals surface area contributed by atoms with Crippen molar-refractivity contribution in [3.8, 4) is 0 Å². The van der Waals surface area contributed by atoms with Crippen LogP contribution in [0.4, 0.5) is 0 Å². The molecule has 6 heteroatoms. The molecule has 2 aliphatic heterocycles. The van der Waals surface area contributed by atoms with E-state index in [1.54, 1.807) is 0 Å². The van der Waals surface area contributed by atoms with E-state index in [2.05, 4.69) is 12.2 Å². The smallest absolute Gasteiger partial charge is 0.245 e. The molecule has 2 saturated carbocycles. The van der Waals surface area contributed by atoms with Crippen molar-refractivity contribution in [2.45, 2.75) is 89.0 Å². The van der Waals surface area contributed by atoms with Gasteiger partial charge in [-0.25, -0.2) is 0 Å². The minimum Gasteiger partial charge on any atom is -0.376 e. The molecule has 4 rings (SSSR count). The monoisotopic (exact) mass is 378 g/mol. The Morgan fingerprint density at radius 1 is 1.11 bits per heavy atom. The minimum absolute atomic E-state index is 0.0641. The van der Waals surface area contributed by atoms with Crippen molar-refractivity contribution in [2.24, 2.45) is 11.8 Å². The Hall–Kier alpha value is -1.14. The Morgan fingerprint density at radius 2 is 1.93 bits per heavy atom. The van der Waals surface area contributed by atoms with Gasteiger partial charge in [0.1, 0.15) is 11.8 Å². The van der Waals surface area contributed by atoms with Gasteiger partial charge < -0.3 is 14.8 Å². The maximum absolute atomic E-state index is 13.4. The van der Waals surface area contributed by atoms with E-state index in [1.165, 1.54) is 6.42 Å². The summed E-state index contributed by atoms with van der Waals surface area (Å²) in [6.07, 6.45) is 10.2. The first-order valence-electron chi connectivity index (χ1n) is 11.0. The number of carbonyl (C=O) groups excluding carboxylic acids is 2. The van der Waals surface area contributed by atoms with Crippen LogP contribution >= 0.6 is 0 Å². The molecular formula is C21H34N2O4. The van der Waals surface area contributed by atoms with Crippen LogP contribution in [-0.4, -0.2) is 54.3 Å². The first-order valence-corrected chi connectivity index (χ1v) is 11.0. The van der Waals surface area contributed by atoms with Crippen molar-refractivity contribution in [1.82, 2.24) is 10.2 Å². The van der Waals surface area contributed by atoms with Crippen LogP contribution in [0.25, 0.3) is 0 Å². The SMILES string of the molecule is CC1CCCC2(C1)OCC(C(=O)NCC1CCCO1)N2C(=O)C1CCCC1. The maximum Gasteiger partial charge on any atom is 0.245 e. The number of hydrogen-bond acceptors (Lipinski definition) is 4. The van der Waals surface area contributed by atoms with Crippen LogP contribution in [0.15, 0.2) is 0 Å². The Kier molecular flexibility index (Phi) is 5.74. The van der Waals surface area contributed by atoms with Crippen LogP contribution in [0.2, 0.25) is 0 Å². The summed E-state index contributed by atoms with van der Waals surface area (Å²) < 4.78 is 11.9. The molecule has 2 aliphatic carbocycles. The van der Waals surface area contributed by atoms with Crippen LogP contribution in [-0.2, 0) is 19.1 Å². The van der Waals surface area contributed by atoms with Crippen LogP contribution in [0.3, 0.4) is 0 Å². The van der Waals surface area contributed by atoms with Gasteiger partial charge in [-0.05, 0) is 50.9 Å². The van der Waals surface area contributed by atoms with Crippen LogP contribution < -0.4 is 5.32 Å². The third-order valence-corrected chi connectivity index (χ3v) is 6.96. The number of amides is 2. The molecular weight excluding hydrogens is 344 g/mol. The fourth-order valence-electron chi connectivity index (χ4n) is 5.54. The third kappa shape index (κ3) is 3.88. The van der Waals surface area contributed by atoms with Crippen LogP contribution in [0, 0.1) is 11.8 Å². The van der Waals surface area contributed by atoms with Crippen molar-refractivity contribution in [3.63, 3.8) is 0 Å². The lowest BCUT2D eigenvalue weighted by atomic mass is 9.82. The summed E-state index contributed by atoms with van der Waals surface area (Å²) in [6.45, 7) is 3.86. The summed E-state index contributed by atoms with van der Waals surface area (Å²) >= 11 is 0. The zero-order valence-electron chi connectivity index (χ0n) is 16.6. The predicted molar refractivity (Wildman–Crippen MR) is 101 cm³/mol. The molecule has 1 N–H and O–H groups in total. The van der Waals surface area contributed by atoms with Gasteiger partial charge in [-0.2, -0.15) is 0 Å². The summed E-state index contributed by atoms with van der Waals surface area (Å²) in [5.74, 6) is 0.656. The maximum atomic E-state index is 13.4. The Bertz CT molecular complexity index is 556. The predicted octanol–water partition coefficient (Wildman–Crippen LogP) is 2.61. The number of carbonyl (C=O) groups is 2. The standard InChI is InChI=1S/C21H34N2O4/c1-15-6-4-10-21(12-15)23(20(25)16-7-2-3-8-16)18(14-27-21)19(24)22-13-17-9-5-11-26-17/h15-18H,2-14H2,1H3,(H,22,24). The van der Waals surface area contributed by atoms with E-state index >= 15 is 0 Å². The highest BCUT2D eigenvalue weighted by Gasteiger charge is 2.54. The molecule has 6 nitrogen and oxygen atoms in total. The van der Waals surface area contributed by atoms with Gasteiger partial charge in [0.15, 0.2) is 0 Å². The molecule has 27 heavy (non-hydrogen) atoms. The minimum atomic E-state index is -0.566. The largest absolute Gasteiger partial charge is 0.376 e. The molecule has 4 aliphatic rings. The fraction of sp³-hybridized carbons (Fsp3) is 0.905. The second kappa shape index (κ2) is 8.08. The van der Waals surface area contributed by atoms with Gasteiger partial charge >= 0.3 is 0 Å². The summed E-state index contributed by atoms with van der Waals surface area (Å²) in [5.41, 5.74) is -0.566. The molecule has 2 amide bonds. The van der Waals surface area contributed by atoms with E-state index in [9.17, 15) is 9.59 Å². The van der Waals surface area contributed by atoms with Gasteiger partial charge in [0, 0.05) is 19.1 Å². The van der Waals surface area contributed by atoms with Crippen molar-refractivity contribution in [1.29, 1.82) is 0 Å². The molecule has 0 aromatic rings. The lowest BCUT2D eigenvalue weighted by Gasteiger charge is -2.44. The molecule has 2 heterocycles. The Labute approximate surface area is 162 Å². The molecule has 4 fully saturated rings. The van der Waals surface area contributed by atoms with Gasteiger partial charge in [-0.15, -0.1) is 0 Å². The van der Waals surface area contributed by atoms with E-state index in [0.717, 1.165) is 64.4 Å². The average Bonchev–Trinajstić information content (AvgIpc) is 3.40. The molecule has 152 valence electrons.